The standard InChI is InChI=1S/C42H54ClN5O7S/c1-3-25-11-8-9-16-34(56-24-25)44-35(26-12-6-5-7-13-26)38(50)48-22-30(55-41(54)47-21-28-14-10-15-32(43)31(28)23-47)19-33(48)37(49)46-42(20-29(42)4-2)40(53)45-36(39(51)52)27-17-18-27/h4,10,14-15,24,26-27,29-30,33,35-36H,2-3,5-9,11-13,16-23H2,1H3,(H,45,53)(H,46,49)(H,51,52). The third kappa shape index (κ3) is 8.83. The summed E-state index contributed by atoms with van der Waals surface area (Å²) in [5, 5.41) is 19.1. The number of allylic oxidation sites excluding steroid dienone is 1. The molecule has 0 aromatic heterocycles. The van der Waals surface area contributed by atoms with Gasteiger partial charge in [0.15, 0.2) is 0 Å². The zero-order valence-electron chi connectivity index (χ0n) is 32.2. The summed E-state index contributed by atoms with van der Waals surface area (Å²) in [5.74, 6) is -3.08. The van der Waals surface area contributed by atoms with Crippen molar-refractivity contribution in [2.24, 2.45) is 22.7 Å². The number of benzene rings is 1. The molecular formula is C42H54ClN5O7S. The predicted octanol–water partition coefficient (Wildman–Crippen LogP) is 6.75. The molecule has 302 valence electrons. The molecule has 14 heteroatoms. The summed E-state index contributed by atoms with van der Waals surface area (Å²) in [6.07, 6.45) is 11.6. The van der Waals surface area contributed by atoms with Gasteiger partial charge in [-0.2, -0.15) is 0 Å². The molecule has 3 heterocycles. The van der Waals surface area contributed by atoms with Crippen LogP contribution in [0.15, 0.2) is 46.8 Å². The number of aliphatic imine (C=N–C) groups is 1. The number of carboxylic acid groups (broad SMARTS) is 1. The van der Waals surface area contributed by atoms with Crippen LogP contribution >= 0.6 is 23.4 Å². The lowest BCUT2D eigenvalue weighted by atomic mass is 9.83. The van der Waals surface area contributed by atoms with Crippen LogP contribution in [0.25, 0.3) is 0 Å². The number of hydrogen-bond donors (Lipinski definition) is 3. The minimum atomic E-state index is -1.40. The van der Waals surface area contributed by atoms with Gasteiger partial charge >= 0.3 is 12.1 Å². The van der Waals surface area contributed by atoms with Gasteiger partial charge in [0.1, 0.15) is 29.8 Å². The summed E-state index contributed by atoms with van der Waals surface area (Å²) in [7, 11) is 0. The number of likely N-dealkylation sites (tertiary alicyclic amines) is 1. The first-order valence-electron chi connectivity index (χ1n) is 20.4. The van der Waals surface area contributed by atoms with Crippen molar-refractivity contribution < 1.29 is 33.8 Å². The maximum atomic E-state index is 15.0. The van der Waals surface area contributed by atoms with Gasteiger partial charge < -0.3 is 25.4 Å². The van der Waals surface area contributed by atoms with Crippen molar-refractivity contribution >= 4 is 58.2 Å². The van der Waals surface area contributed by atoms with E-state index in [1.54, 1.807) is 28.8 Å². The number of ether oxygens (including phenoxy) is 1. The van der Waals surface area contributed by atoms with Crippen LogP contribution < -0.4 is 10.6 Å². The summed E-state index contributed by atoms with van der Waals surface area (Å²) < 4.78 is 6.07. The van der Waals surface area contributed by atoms with Gasteiger partial charge in [-0.05, 0) is 98.6 Å². The average molecular weight is 808 g/mol. The fourth-order valence-corrected chi connectivity index (χ4v) is 10.2. The van der Waals surface area contributed by atoms with E-state index in [1.807, 2.05) is 12.1 Å². The lowest BCUT2D eigenvalue weighted by Gasteiger charge is -2.33. The van der Waals surface area contributed by atoms with Gasteiger partial charge in [-0.1, -0.05) is 73.3 Å². The molecule has 6 aliphatic rings. The molecule has 4 amide bonds. The van der Waals surface area contributed by atoms with Gasteiger partial charge in [0.05, 0.1) is 18.1 Å². The van der Waals surface area contributed by atoms with E-state index in [9.17, 15) is 24.3 Å². The number of carbonyl (C=O) groups excluding carboxylic acids is 4. The van der Waals surface area contributed by atoms with E-state index in [0.29, 0.717) is 31.0 Å². The number of amides is 4. The normalized spacial score (nSPS) is 28.3. The Kier molecular flexibility index (Phi) is 12.5. The van der Waals surface area contributed by atoms with Crippen molar-refractivity contribution in [1.82, 2.24) is 20.4 Å². The Morgan fingerprint density at radius 3 is 2.52 bits per heavy atom. The predicted molar refractivity (Wildman–Crippen MR) is 215 cm³/mol. The number of hydrogen-bond acceptors (Lipinski definition) is 8. The van der Waals surface area contributed by atoms with Gasteiger partial charge in [0, 0.05) is 23.9 Å². The van der Waals surface area contributed by atoms with Crippen LogP contribution in [0.1, 0.15) is 108 Å². The highest BCUT2D eigenvalue weighted by molar-refractivity contribution is 8.16. The molecule has 1 aromatic rings. The summed E-state index contributed by atoms with van der Waals surface area (Å²) in [5.41, 5.74) is 1.78. The lowest BCUT2D eigenvalue weighted by molar-refractivity contribution is -0.144. The molecule has 3 aliphatic heterocycles. The van der Waals surface area contributed by atoms with E-state index in [1.165, 1.54) is 10.5 Å². The Hall–Kier alpha value is -3.84. The van der Waals surface area contributed by atoms with Crippen molar-refractivity contribution in [2.45, 2.75) is 140 Å². The highest BCUT2D eigenvalue weighted by atomic mass is 35.5. The molecule has 6 atom stereocenters. The summed E-state index contributed by atoms with van der Waals surface area (Å²) in [4.78, 5) is 77.3. The number of thioether (sulfide) groups is 1. The summed E-state index contributed by atoms with van der Waals surface area (Å²) in [6, 6.07) is 2.75. The van der Waals surface area contributed by atoms with Crippen molar-refractivity contribution in [2.75, 3.05) is 6.54 Å². The molecule has 4 fully saturated rings. The largest absolute Gasteiger partial charge is 0.480 e. The summed E-state index contributed by atoms with van der Waals surface area (Å²) in [6.45, 7) is 6.64. The van der Waals surface area contributed by atoms with Gasteiger partial charge in [0.25, 0.3) is 0 Å². The first-order chi connectivity index (χ1) is 27.0. The second-order valence-corrected chi connectivity index (χ2v) is 17.8. The van der Waals surface area contributed by atoms with E-state index in [0.717, 1.165) is 80.4 Å². The third-order valence-corrected chi connectivity index (χ3v) is 14.0. The summed E-state index contributed by atoms with van der Waals surface area (Å²) >= 11 is 8.03. The van der Waals surface area contributed by atoms with E-state index < -0.39 is 59.6 Å². The fraction of sp³-hybridized carbons (Fsp3) is 0.619. The highest BCUT2D eigenvalue weighted by Crippen LogP contribution is 2.46. The number of aliphatic carboxylic acids is 1. The third-order valence-electron chi connectivity index (χ3n) is 12.6. The Morgan fingerprint density at radius 1 is 1.07 bits per heavy atom. The molecule has 6 unspecified atom stereocenters. The Balaban J connectivity index is 1.15. The number of carbonyl (C=O) groups is 5. The number of carboxylic acids is 1. The van der Waals surface area contributed by atoms with Gasteiger partial charge in [-0.25, -0.2) is 9.59 Å². The molecule has 3 N–H and O–H groups in total. The minimum Gasteiger partial charge on any atom is -0.480 e. The SMILES string of the molecule is C=CC1CC1(NC(=O)C1CC(OC(=O)N2Cc3cccc(Cl)c3C2)CN1C(=O)C(N=C1CCCCC(CC)=CS1)C1CCCCC1)C(=O)NC(C(=O)O)C1CC1. The van der Waals surface area contributed by atoms with E-state index >= 15 is 4.79 Å². The smallest absolute Gasteiger partial charge is 0.410 e. The van der Waals surface area contributed by atoms with Gasteiger partial charge in [-0.3, -0.25) is 24.3 Å². The number of rotatable bonds is 12. The molecule has 3 aliphatic carbocycles. The minimum absolute atomic E-state index is 0.00183. The molecular weight excluding hydrogens is 754 g/mol. The van der Waals surface area contributed by atoms with Crippen LogP contribution in [0.2, 0.25) is 5.02 Å². The quantitative estimate of drug-likeness (QED) is 0.196. The average Bonchev–Trinajstić information content (AvgIpc) is 4.06. The van der Waals surface area contributed by atoms with Crippen LogP contribution in [0.3, 0.4) is 0 Å². The zero-order chi connectivity index (χ0) is 39.6. The highest BCUT2D eigenvalue weighted by Gasteiger charge is 2.61. The molecule has 56 heavy (non-hydrogen) atoms. The molecule has 0 radical (unpaired) electrons. The van der Waals surface area contributed by atoms with Crippen LogP contribution in [0, 0.1) is 17.8 Å². The Morgan fingerprint density at radius 2 is 1.84 bits per heavy atom. The first kappa shape index (κ1) is 40.4. The monoisotopic (exact) mass is 807 g/mol. The first-order valence-corrected chi connectivity index (χ1v) is 21.7. The number of nitrogens with one attached hydrogen (secondary N) is 2. The van der Waals surface area contributed by atoms with E-state index in [4.69, 9.17) is 21.3 Å². The second kappa shape index (κ2) is 17.3. The molecule has 0 bridgehead atoms. The molecule has 1 saturated heterocycles. The Labute approximate surface area is 338 Å². The number of fused-ring (bicyclic) bond motifs is 1. The fourth-order valence-electron chi connectivity index (χ4n) is 8.91. The van der Waals surface area contributed by atoms with Crippen LogP contribution in [0.4, 0.5) is 4.79 Å². The second-order valence-electron chi connectivity index (χ2n) is 16.4. The molecule has 3 saturated carbocycles. The van der Waals surface area contributed by atoms with Gasteiger partial charge in [-0.15, -0.1) is 6.58 Å². The van der Waals surface area contributed by atoms with E-state index in [2.05, 4.69) is 29.5 Å². The molecule has 12 nitrogen and oxygen atoms in total. The van der Waals surface area contributed by atoms with Crippen LogP contribution in [0.5, 0.6) is 0 Å². The Bertz CT molecular complexity index is 1790. The maximum Gasteiger partial charge on any atom is 0.410 e. The zero-order valence-corrected chi connectivity index (χ0v) is 33.8. The van der Waals surface area contributed by atoms with Crippen molar-refractivity contribution in [3.05, 3.63) is 58.0 Å². The lowest BCUT2D eigenvalue weighted by Crippen LogP contribution is -2.58. The molecule has 7 rings (SSSR count). The van der Waals surface area contributed by atoms with E-state index in [-0.39, 0.29) is 37.1 Å². The van der Waals surface area contributed by atoms with Crippen molar-refractivity contribution in [3.63, 3.8) is 0 Å². The molecule has 1 aromatic carbocycles. The topological polar surface area (TPSA) is 158 Å². The van der Waals surface area contributed by atoms with Crippen molar-refractivity contribution in [1.29, 1.82) is 0 Å². The number of halogens is 1. The van der Waals surface area contributed by atoms with Crippen LogP contribution in [-0.2, 0) is 37.0 Å². The van der Waals surface area contributed by atoms with Crippen molar-refractivity contribution in [3.8, 4) is 0 Å². The van der Waals surface area contributed by atoms with Gasteiger partial charge in [0.2, 0.25) is 17.7 Å². The van der Waals surface area contributed by atoms with Crippen LogP contribution in [-0.4, -0.2) is 86.0 Å². The maximum absolute atomic E-state index is 15.0. The number of nitrogens with zero attached hydrogens (tertiary/aromatic N) is 3. The molecule has 0 spiro atoms.